The van der Waals surface area contributed by atoms with Gasteiger partial charge < -0.3 is 15.5 Å². The predicted octanol–water partition coefficient (Wildman–Crippen LogP) is 1.87. The molecule has 0 atom stereocenters. The maximum atomic E-state index is 11.7. The van der Waals surface area contributed by atoms with Crippen molar-refractivity contribution in [2.45, 2.75) is 13.3 Å². The van der Waals surface area contributed by atoms with Gasteiger partial charge in [-0.3, -0.25) is 9.59 Å². The Kier molecular flexibility index (Phi) is 5.63. The van der Waals surface area contributed by atoms with E-state index in [0.717, 1.165) is 5.69 Å². The number of nitrogens with one attached hydrogen (secondary N) is 2. The van der Waals surface area contributed by atoms with Crippen LogP contribution >= 0.6 is 11.6 Å². The van der Waals surface area contributed by atoms with Gasteiger partial charge in [-0.15, -0.1) is 0 Å². The number of carbonyl (C=O) groups is 2. The van der Waals surface area contributed by atoms with Crippen LogP contribution in [0.15, 0.2) is 18.2 Å². The van der Waals surface area contributed by atoms with Gasteiger partial charge in [-0.1, -0.05) is 18.5 Å². The highest BCUT2D eigenvalue weighted by molar-refractivity contribution is 6.31. The topological polar surface area (TPSA) is 61.4 Å². The summed E-state index contributed by atoms with van der Waals surface area (Å²) in [5.41, 5.74) is 1.47. The van der Waals surface area contributed by atoms with Crippen LogP contribution < -0.4 is 15.5 Å². The standard InChI is InChI=1S/C13H18ClN3O2/c1-4-12(18)15-8-13(19)16-10-7-9(14)5-6-11(10)17(2)3/h5-7H,4,8H2,1-3H3,(H,15,18)(H,16,19). The Balaban J connectivity index is 2.73. The van der Waals surface area contributed by atoms with Gasteiger partial charge in [0, 0.05) is 25.5 Å². The van der Waals surface area contributed by atoms with Crippen molar-refractivity contribution in [3.8, 4) is 0 Å². The number of hydrogen-bond acceptors (Lipinski definition) is 3. The first-order valence-corrected chi connectivity index (χ1v) is 6.35. The fraction of sp³-hybridized carbons (Fsp3) is 0.385. The Hall–Kier alpha value is -1.75. The minimum atomic E-state index is -0.285. The number of rotatable bonds is 5. The SMILES string of the molecule is CCC(=O)NCC(=O)Nc1cc(Cl)ccc1N(C)C. The summed E-state index contributed by atoms with van der Waals surface area (Å²) in [6.45, 7) is 1.68. The van der Waals surface area contributed by atoms with Gasteiger partial charge in [-0.05, 0) is 18.2 Å². The summed E-state index contributed by atoms with van der Waals surface area (Å²) in [5.74, 6) is -0.443. The van der Waals surface area contributed by atoms with Gasteiger partial charge in [0.1, 0.15) is 0 Å². The molecule has 0 radical (unpaired) electrons. The largest absolute Gasteiger partial charge is 0.376 e. The molecule has 0 unspecified atom stereocenters. The smallest absolute Gasteiger partial charge is 0.243 e. The van der Waals surface area contributed by atoms with Gasteiger partial charge in [-0.2, -0.15) is 0 Å². The third-order valence-corrected chi connectivity index (χ3v) is 2.72. The van der Waals surface area contributed by atoms with Crippen LogP contribution in [0.3, 0.4) is 0 Å². The first-order valence-electron chi connectivity index (χ1n) is 5.97. The van der Waals surface area contributed by atoms with E-state index in [2.05, 4.69) is 10.6 Å². The molecule has 0 aromatic heterocycles. The highest BCUT2D eigenvalue weighted by Gasteiger charge is 2.10. The van der Waals surface area contributed by atoms with Crippen LogP contribution in [0.2, 0.25) is 5.02 Å². The molecule has 1 rings (SSSR count). The highest BCUT2D eigenvalue weighted by Crippen LogP contribution is 2.27. The summed E-state index contributed by atoms with van der Waals surface area (Å²) in [4.78, 5) is 24.7. The molecule has 0 aliphatic carbocycles. The summed E-state index contributed by atoms with van der Waals surface area (Å²) in [5, 5.41) is 5.79. The van der Waals surface area contributed by atoms with E-state index in [9.17, 15) is 9.59 Å². The Bertz CT molecular complexity index is 475. The Morgan fingerprint density at radius 2 is 1.95 bits per heavy atom. The number of nitrogens with zero attached hydrogens (tertiary/aromatic N) is 1. The van der Waals surface area contributed by atoms with E-state index in [1.54, 1.807) is 19.1 Å². The number of amides is 2. The molecule has 104 valence electrons. The Morgan fingerprint density at radius 3 is 2.53 bits per heavy atom. The minimum absolute atomic E-state index is 0.0495. The fourth-order valence-corrected chi connectivity index (χ4v) is 1.67. The molecule has 1 aromatic rings. The van der Waals surface area contributed by atoms with Crippen molar-refractivity contribution in [3.05, 3.63) is 23.2 Å². The molecule has 0 spiro atoms. The van der Waals surface area contributed by atoms with Crippen molar-refractivity contribution in [1.82, 2.24) is 5.32 Å². The van der Waals surface area contributed by atoms with Crippen LogP contribution in [0, 0.1) is 0 Å². The molecule has 0 aliphatic rings. The third-order valence-electron chi connectivity index (χ3n) is 2.48. The van der Waals surface area contributed by atoms with Crippen LogP contribution in [0.1, 0.15) is 13.3 Å². The maximum Gasteiger partial charge on any atom is 0.243 e. The summed E-state index contributed by atoms with van der Waals surface area (Å²) < 4.78 is 0. The lowest BCUT2D eigenvalue weighted by Crippen LogP contribution is -2.32. The molecule has 0 fully saturated rings. The van der Waals surface area contributed by atoms with Crippen LogP contribution in [-0.4, -0.2) is 32.5 Å². The van der Waals surface area contributed by atoms with Gasteiger partial charge in [0.15, 0.2) is 0 Å². The minimum Gasteiger partial charge on any atom is -0.376 e. The van der Waals surface area contributed by atoms with Gasteiger partial charge in [-0.25, -0.2) is 0 Å². The molecular formula is C13H18ClN3O2. The van der Waals surface area contributed by atoms with Crippen molar-refractivity contribution < 1.29 is 9.59 Å². The van der Waals surface area contributed by atoms with E-state index in [1.807, 2.05) is 25.1 Å². The van der Waals surface area contributed by atoms with Crippen LogP contribution in [0.4, 0.5) is 11.4 Å². The molecule has 1 aromatic carbocycles. The second-order valence-electron chi connectivity index (χ2n) is 4.23. The zero-order chi connectivity index (χ0) is 14.4. The quantitative estimate of drug-likeness (QED) is 0.867. The molecule has 2 amide bonds. The van der Waals surface area contributed by atoms with Crippen molar-refractivity contribution in [2.75, 3.05) is 30.9 Å². The van der Waals surface area contributed by atoms with Crippen LogP contribution in [0.5, 0.6) is 0 Å². The van der Waals surface area contributed by atoms with Crippen molar-refractivity contribution >= 4 is 34.8 Å². The Labute approximate surface area is 117 Å². The van der Waals surface area contributed by atoms with Crippen LogP contribution in [-0.2, 0) is 9.59 Å². The van der Waals surface area contributed by atoms with E-state index in [-0.39, 0.29) is 18.4 Å². The molecule has 19 heavy (non-hydrogen) atoms. The first-order chi connectivity index (χ1) is 8.93. The van der Waals surface area contributed by atoms with Gasteiger partial charge in [0.05, 0.1) is 17.9 Å². The average Bonchev–Trinajstić information content (AvgIpc) is 2.35. The monoisotopic (exact) mass is 283 g/mol. The number of hydrogen-bond donors (Lipinski definition) is 2. The molecule has 6 heteroatoms. The second kappa shape index (κ2) is 6.99. The molecule has 0 heterocycles. The summed E-state index contributed by atoms with van der Waals surface area (Å²) >= 11 is 5.92. The summed E-state index contributed by atoms with van der Waals surface area (Å²) in [6.07, 6.45) is 0.355. The number of benzene rings is 1. The zero-order valence-electron chi connectivity index (χ0n) is 11.3. The molecule has 0 saturated heterocycles. The average molecular weight is 284 g/mol. The fourth-order valence-electron chi connectivity index (χ4n) is 1.50. The molecule has 0 aliphatic heterocycles. The predicted molar refractivity (Wildman–Crippen MR) is 77.7 cm³/mol. The summed E-state index contributed by atoms with van der Waals surface area (Å²) in [6, 6.07) is 5.25. The number of halogens is 1. The van der Waals surface area contributed by atoms with E-state index in [1.165, 1.54) is 0 Å². The van der Waals surface area contributed by atoms with Gasteiger partial charge in [0.25, 0.3) is 0 Å². The lowest BCUT2D eigenvalue weighted by Gasteiger charge is -2.18. The number of anilines is 2. The summed E-state index contributed by atoms with van der Waals surface area (Å²) in [7, 11) is 3.75. The van der Waals surface area contributed by atoms with Crippen molar-refractivity contribution in [3.63, 3.8) is 0 Å². The molecule has 0 saturated carbocycles. The lowest BCUT2D eigenvalue weighted by molar-refractivity contribution is -0.123. The zero-order valence-corrected chi connectivity index (χ0v) is 12.0. The molecule has 2 N–H and O–H groups in total. The lowest BCUT2D eigenvalue weighted by atomic mass is 10.2. The van der Waals surface area contributed by atoms with E-state index < -0.39 is 0 Å². The van der Waals surface area contributed by atoms with Gasteiger partial charge in [0.2, 0.25) is 11.8 Å². The molecular weight excluding hydrogens is 266 g/mol. The first kappa shape index (κ1) is 15.3. The van der Waals surface area contributed by atoms with Gasteiger partial charge >= 0.3 is 0 Å². The van der Waals surface area contributed by atoms with Crippen molar-refractivity contribution in [2.24, 2.45) is 0 Å². The van der Waals surface area contributed by atoms with E-state index >= 15 is 0 Å². The van der Waals surface area contributed by atoms with Crippen LogP contribution in [0.25, 0.3) is 0 Å². The number of carbonyl (C=O) groups excluding carboxylic acids is 2. The normalized spacial score (nSPS) is 9.89. The molecule has 5 nitrogen and oxygen atoms in total. The van der Waals surface area contributed by atoms with E-state index in [0.29, 0.717) is 17.1 Å². The second-order valence-corrected chi connectivity index (χ2v) is 4.67. The Morgan fingerprint density at radius 1 is 1.26 bits per heavy atom. The highest BCUT2D eigenvalue weighted by atomic mass is 35.5. The van der Waals surface area contributed by atoms with E-state index in [4.69, 9.17) is 11.6 Å². The third kappa shape index (κ3) is 4.79. The van der Waals surface area contributed by atoms with Crippen molar-refractivity contribution in [1.29, 1.82) is 0 Å². The maximum absolute atomic E-state index is 11.7. The molecule has 0 bridgehead atoms.